The molecule has 0 heterocycles. The maximum atomic E-state index is 9.78. The van der Waals surface area contributed by atoms with E-state index in [2.05, 4.69) is 30.4 Å². The number of benzene rings is 1. The summed E-state index contributed by atoms with van der Waals surface area (Å²) in [7, 11) is 0. The molecule has 2 N–H and O–H groups in total. The van der Waals surface area contributed by atoms with Crippen molar-refractivity contribution in [3.8, 4) is 0 Å². The zero-order valence-corrected chi connectivity index (χ0v) is 12.6. The van der Waals surface area contributed by atoms with Crippen LogP contribution in [0, 0.1) is 0 Å². The van der Waals surface area contributed by atoms with Gasteiger partial charge >= 0.3 is 0 Å². The molecule has 0 spiro atoms. The largest absolute Gasteiger partial charge is 0.393 e. The minimum atomic E-state index is -0.100. The average molecular weight is 273 g/mol. The van der Waals surface area contributed by atoms with Crippen molar-refractivity contribution in [3.05, 3.63) is 34.9 Å². The third-order valence-corrected chi connectivity index (χ3v) is 5.00. The van der Waals surface area contributed by atoms with Crippen molar-refractivity contribution in [2.24, 2.45) is 0 Å². The van der Waals surface area contributed by atoms with Crippen molar-refractivity contribution >= 4 is 0 Å². The SMILES string of the molecule is CC(NC1CCCC(O)C1)c1ccc2c(c1)CCCC2. The zero-order valence-electron chi connectivity index (χ0n) is 12.6. The summed E-state index contributed by atoms with van der Waals surface area (Å²) in [6.07, 6.45) is 9.33. The lowest BCUT2D eigenvalue weighted by Gasteiger charge is -2.30. The van der Waals surface area contributed by atoms with Gasteiger partial charge in [-0.1, -0.05) is 18.2 Å². The van der Waals surface area contributed by atoms with Crippen molar-refractivity contribution in [2.75, 3.05) is 0 Å². The highest BCUT2D eigenvalue weighted by atomic mass is 16.3. The van der Waals surface area contributed by atoms with Gasteiger partial charge in [0.05, 0.1) is 6.10 Å². The summed E-state index contributed by atoms with van der Waals surface area (Å²) in [5, 5.41) is 13.5. The second kappa shape index (κ2) is 6.28. The van der Waals surface area contributed by atoms with Gasteiger partial charge in [0, 0.05) is 12.1 Å². The van der Waals surface area contributed by atoms with Gasteiger partial charge in [-0.25, -0.2) is 0 Å². The highest BCUT2D eigenvalue weighted by Crippen LogP contribution is 2.26. The Hall–Kier alpha value is -0.860. The summed E-state index contributed by atoms with van der Waals surface area (Å²) in [6.45, 7) is 2.26. The van der Waals surface area contributed by atoms with Gasteiger partial charge in [0.2, 0.25) is 0 Å². The molecule has 0 aliphatic heterocycles. The van der Waals surface area contributed by atoms with E-state index in [0.717, 1.165) is 19.3 Å². The molecule has 2 aliphatic carbocycles. The van der Waals surface area contributed by atoms with E-state index in [0.29, 0.717) is 12.1 Å². The van der Waals surface area contributed by atoms with Crippen molar-refractivity contribution in [2.45, 2.75) is 76.5 Å². The Morgan fingerprint density at radius 2 is 1.90 bits per heavy atom. The molecular formula is C18H27NO. The Morgan fingerprint density at radius 1 is 1.10 bits per heavy atom. The van der Waals surface area contributed by atoms with Crippen molar-refractivity contribution in [1.29, 1.82) is 0 Å². The maximum absolute atomic E-state index is 9.78. The van der Waals surface area contributed by atoms with Crippen LogP contribution in [-0.4, -0.2) is 17.3 Å². The summed E-state index contributed by atoms with van der Waals surface area (Å²) < 4.78 is 0. The molecule has 1 aromatic carbocycles. The molecule has 1 fully saturated rings. The Bertz CT molecular complexity index is 457. The van der Waals surface area contributed by atoms with Crippen molar-refractivity contribution in [3.63, 3.8) is 0 Å². The molecule has 0 amide bonds. The fourth-order valence-corrected chi connectivity index (χ4v) is 3.79. The molecule has 3 atom stereocenters. The van der Waals surface area contributed by atoms with Gasteiger partial charge in [-0.3, -0.25) is 0 Å². The Balaban J connectivity index is 1.66. The third-order valence-electron chi connectivity index (χ3n) is 5.00. The fourth-order valence-electron chi connectivity index (χ4n) is 3.79. The van der Waals surface area contributed by atoms with Crippen LogP contribution in [0.25, 0.3) is 0 Å². The maximum Gasteiger partial charge on any atom is 0.0555 e. The number of rotatable bonds is 3. The zero-order chi connectivity index (χ0) is 13.9. The first-order valence-electron chi connectivity index (χ1n) is 8.28. The lowest BCUT2D eigenvalue weighted by atomic mass is 9.88. The molecule has 2 heteroatoms. The van der Waals surface area contributed by atoms with Crippen LogP contribution in [0.1, 0.15) is 68.2 Å². The highest BCUT2D eigenvalue weighted by molar-refractivity contribution is 5.35. The second-order valence-electron chi connectivity index (χ2n) is 6.64. The molecular weight excluding hydrogens is 246 g/mol. The lowest BCUT2D eigenvalue weighted by Crippen LogP contribution is -2.37. The topological polar surface area (TPSA) is 32.3 Å². The molecule has 20 heavy (non-hydrogen) atoms. The summed E-state index contributed by atoms with van der Waals surface area (Å²) >= 11 is 0. The molecule has 2 nitrogen and oxygen atoms in total. The predicted octanol–water partition coefficient (Wildman–Crippen LogP) is 3.52. The van der Waals surface area contributed by atoms with E-state index in [1.54, 1.807) is 11.1 Å². The Kier molecular flexibility index (Phi) is 4.42. The van der Waals surface area contributed by atoms with Gasteiger partial charge in [-0.15, -0.1) is 0 Å². The number of hydrogen-bond acceptors (Lipinski definition) is 2. The van der Waals surface area contributed by atoms with Gasteiger partial charge in [0.15, 0.2) is 0 Å². The van der Waals surface area contributed by atoms with Crippen LogP contribution < -0.4 is 5.32 Å². The first-order valence-corrected chi connectivity index (χ1v) is 8.28. The highest BCUT2D eigenvalue weighted by Gasteiger charge is 2.22. The van der Waals surface area contributed by atoms with Crippen LogP contribution in [0.4, 0.5) is 0 Å². The van der Waals surface area contributed by atoms with E-state index in [1.165, 1.54) is 37.7 Å². The number of aliphatic hydroxyl groups excluding tert-OH is 1. The molecule has 0 saturated heterocycles. The minimum Gasteiger partial charge on any atom is -0.393 e. The van der Waals surface area contributed by atoms with E-state index >= 15 is 0 Å². The second-order valence-corrected chi connectivity index (χ2v) is 6.64. The number of nitrogens with one attached hydrogen (secondary N) is 1. The number of hydrogen-bond donors (Lipinski definition) is 2. The Morgan fingerprint density at radius 3 is 2.70 bits per heavy atom. The number of aryl methyl sites for hydroxylation is 2. The van der Waals surface area contributed by atoms with Crippen LogP contribution in [0.2, 0.25) is 0 Å². The smallest absolute Gasteiger partial charge is 0.0555 e. The minimum absolute atomic E-state index is 0.100. The van der Waals surface area contributed by atoms with Gasteiger partial charge in [-0.05, 0) is 75.0 Å². The van der Waals surface area contributed by atoms with E-state index in [4.69, 9.17) is 0 Å². The molecule has 2 aliphatic rings. The summed E-state index contributed by atoms with van der Waals surface area (Å²) in [5.41, 5.74) is 4.53. The summed E-state index contributed by atoms with van der Waals surface area (Å²) in [6, 6.07) is 7.90. The fraction of sp³-hybridized carbons (Fsp3) is 0.667. The van der Waals surface area contributed by atoms with E-state index in [9.17, 15) is 5.11 Å². The van der Waals surface area contributed by atoms with Crippen molar-refractivity contribution in [1.82, 2.24) is 5.32 Å². The summed E-state index contributed by atoms with van der Waals surface area (Å²) in [5.74, 6) is 0. The van der Waals surface area contributed by atoms with Crippen molar-refractivity contribution < 1.29 is 5.11 Å². The Labute approximate surface area is 122 Å². The van der Waals surface area contributed by atoms with Crippen LogP contribution >= 0.6 is 0 Å². The lowest BCUT2D eigenvalue weighted by molar-refractivity contribution is 0.109. The molecule has 0 bridgehead atoms. The number of fused-ring (bicyclic) bond motifs is 1. The van der Waals surface area contributed by atoms with E-state index in [-0.39, 0.29) is 6.10 Å². The number of aliphatic hydroxyl groups is 1. The van der Waals surface area contributed by atoms with Gasteiger partial charge < -0.3 is 10.4 Å². The van der Waals surface area contributed by atoms with Crippen LogP contribution in [0.15, 0.2) is 18.2 Å². The molecule has 1 aromatic rings. The summed E-state index contributed by atoms with van der Waals surface area (Å²) in [4.78, 5) is 0. The predicted molar refractivity (Wildman–Crippen MR) is 82.9 cm³/mol. The monoisotopic (exact) mass is 273 g/mol. The average Bonchev–Trinajstić information content (AvgIpc) is 2.47. The molecule has 110 valence electrons. The quantitative estimate of drug-likeness (QED) is 0.883. The molecule has 3 rings (SSSR count). The molecule has 0 radical (unpaired) electrons. The van der Waals surface area contributed by atoms with E-state index < -0.39 is 0 Å². The van der Waals surface area contributed by atoms with E-state index in [1.807, 2.05) is 0 Å². The first kappa shape index (κ1) is 14.1. The van der Waals surface area contributed by atoms with Crippen LogP contribution in [0.5, 0.6) is 0 Å². The van der Waals surface area contributed by atoms with Gasteiger partial charge in [0.1, 0.15) is 0 Å². The normalized spacial score (nSPS) is 27.9. The van der Waals surface area contributed by atoms with Gasteiger partial charge in [-0.2, -0.15) is 0 Å². The molecule has 1 saturated carbocycles. The van der Waals surface area contributed by atoms with Crippen LogP contribution in [-0.2, 0) is 12.8 Å². The third kappa shape index (κ3) is 3.24. The molecule has 3 unspecified atom stereocenters. The first-order chi connectivity index (χ1) is 9.72. The standard InChI is InChI=1S/C18H27NO/c1-13(19-17-7-4-8-18(20)12-17)15-10-9-14-5-2-3-6-16(14)11-15/h9-11,13,17-20H,2-8,12H2,1H3. The van der Waals surface area contributed by atoms with Crippen LogP contribution in [0.3, 0.4) is 0 Å². The molecule has 0 aromatic heterocycles. The van der Waals surface area contributed by atoms with Gasteiger partial charge in [0.25, 0.3) is 0 Å².